The van der Waals surface area contributed by atoms with Crippen molar-refractivity contribution in [3.8, 4) is 0 Å². The Balaban J connectivity index is 2.04. The minimum atomic E-state index is -1.01. The number of rotatable bonds is 4. The topological polar surface area (TPSA) is 66.3 Å². The first-order valence-electron chi connectivity index (χ1n) is 5.94. The molecule has 0 spiro atoms. The van der Waals surface area contributed by atoms with Gasteiger partial charge in [0, 0.05) is 19.8 Å². The van der Waals surface area contributed by atoms with Gasteiger partial charge in [0.1, 0.15) is 0 Å². The first-order valence-corrected chi connectivity index (χ1v) is 5.94. The van der Waals surface area contributed by atoms with Crippen molar-refractivity contribution in [1.29, 1.82) is 0 Å². The molecule has 17 heavy (non-hydrogen) atoms. The van der Waals surface area contributed by atoms with Crippen molar-refractivity contribution < 1.29 is 9.90 Å². The number of hydrogen-bond donors (Lipinski definition) is 1. The molecule has 5 nitrogen and oxygen atoms in total. The minimum Gasteiger partial charge on any atom is -0.477 e. The molecule has 2 rings (SSSR count). The highest BCUT2D eigenvalue weighted by Crippen LogP contribution is 2.25. The van der Waals surface area contributed by atoms with E-state index in [4.69, 9.17) is 5.11 Å². The summed E-state index contributed by atoms with van der Waals surface area (Å²) >= 11 is 0. The van der Waals surface area contributed by atoms with Gasteiger partial charge < -0.3 is 10.0 Å². The summed E-state index contributed by atoms with van der Waals surface area (Å²) in [6.07, 6.45) is 6.60. The zero-order chi connectivity index (χ0) is 12.3. The van der Waals surface area contributed by atoms with Crippen LogP contribution in [-0.2, 0) is 0 Å². The highest BCUT2D eigenvalue weighted by atomic mass is 16.4. The Morgan fingerprint density at radius 2 is 2.24 bits per heavy atom. The van der Waals surface area contributed by atoms with E-state index < -0.39 is 5.97 Å². The standard InChI is InChI=1S/C12H17N3O2/c1-15(8-9-4-2-3-5-9)12-13-7-6-10(14-12)11(16)17/h6-7,9H,2-5,8H2,1H3,(H,16,17). The van der Waals surface area contributed by atoms with E-state index in [2.05, 4.69) is 9.97 Å². The first-order chi connectivity index (χ1) is 8.16. The second-order valence-corrected chi connectivity index (χ2v) is 4.58. The number of nitrogens with zero attached hydrogens (tertiary/aromatic N) is 3. The highest BCUT2D eigenvalue weighted by molar-refractivity contribution is 5.85. The third kappa shape index (κ3) is 2.93. The molecule has 0 bridgehead atoms. The van der Waals surface area contributed by atoms with Gasteiger partial charge in [-0.3, -0.25) is 0 Å². The maximum atomic E-state index is 10.8. The molecule has 1 aliphatic rings. The number of carboxylic acid groups (broad SMARTS) is 1. The lowest BCUT2D eigenvalue weighted by molar-refractivity contribution is 0.0690. The molecule has 0 radical (unpaired) electrons. The Morgan fingerprint density at radius 3 is 2.88 bits per heavy atom. The van der Waals surface area contributed by atoms with E-state index in [1.165, 1.54) is 37.9 Å². The predicted molar refractivity (Wildman–Crippen MR) is 64.2 cm³/mol. The fraction of sp³-hybridized carbons (Fsp3) is 0.583. The maximum Gasteiger partial charge on any atom is 0.354 e. The molecule has 5 heteroatoms. The van der Waals surface area contributed by atoms with Crippen LogP contribution in [-0.4, -0.2) is 34.6 Å². The predicted octanol–water partition coefficient (Wildman–Crippen LogP) is 1.80. The van der Waals surface area contributed by atoms with Crippen LogP contribution in [0.25, 0.3) is 0 Å². The van der Waals surface area contributed by atoms with Gasteiger partial charge in [-0.2, -0.15) is 0 Å². The molecule has 92 valence electrons. The van der Waals surface area contributed by atoms with Gasteiger partial charge in [0.25, 0.3) is 0 Å². The Morgan fingerprint density at radius 1 is 1.53 bits per heavy atom. The molecule has 0 amide bonds. The van der Waals surface area contributed by atoms with Gasteiger partial charge in [-0.05, 0) is 24.8 Å². The van der Waals surface area contributed by atoms with Crippen LogP contribution in [0, 0.1) is 5.92 Å². The van der Waals surface area contributed by atoms with E-state index in [-0.39, 0.29) is 5.69 Å². The molecule has 0 saturated heterocycles. The van der Waals surface area contributed by atoms with Crippen molar-refractivity contribution in [1.82, 2.24) is 9.97 Å². The first kappa shape index (κ1) is 11.8. The van der Waals surface area contributed by atoms with E-state index in [0.29, 0.717) is 11.9 Å². The molecule has 0 aliphatic heterocycles. The summed E-state index contributed by atoms with van der Waals surface area (Å²) in [6, 6.07) is 1.41. The molecule has 1 aromatic rings. The Hall–Kier alpha value is -1.65. The molecule has 0 aromatic carbocycles. The van der Waals surface area contributed by atoms with E-state index >= 15 is 0 Å². The van der Waals surface area contributed by atoms with Gasteiger partial charge in [-0.25, -0.2) is 14.8 Å². The third-order valence-corrected chi connectivity index (χ3v) is 3.21. The Kier molecular flexibility index (Phi) is 3.56. The largest absolute Gasteiger partial charge is 0.477 e. The maximum absolute atomic E-state index is 10.8. The summed E-state index contributed by atoms with van der Waals surface area (Å²) in [5.41, 5.74) is 0.0493. The molecular weight excluding hydrogens is 218 g/mol. The zero-order valence-corrected chi connectivity index (χ0v) is 9.96. The van der Waals surface area contributed by atoms with Crippen LogP contribution < -0.4 is 4.90 Å². The second-order valence-electron chi connectivity index (χ2n) is 4.58. The SMILES string of the molecule is CN(CC1CCCC1)c1nccc(C(=O)O)n1. The van der Waals surface area contributed by atoms with Crippen LogP contribution in [0.1, 0.15) is 36.2 Å². The molecule has 0 unspecified atom stereocenters. The number of carboxylic acids is 1. The van der Waals surface area contributed by atoms with E-state index in [1.807, 2.05) is 11.9 Å². The monoisotopic (exact) mass is 235 g/mol. The van der Waals surface area contributed by atoms with Gasteiger partial charge in [0.05, 0.1) is 0 Å². The number of aromatic carboxylic acids is 1. The summed E-state index contributed by atoms with van der Waals surface area (Å²) in [6.45, 7) is 0.906. The lowest BCUT2D eigenvalue weighted by Gasteiger charge is -2.20. The van der Waals surface area contributed by atoms with Gasteiger partial charge in [0.2, 0.25) is 5.95 Å². The number of anilines is 1. The smallest absolute Gasteiger partial charge is 0.354 e. The van der Waals surface area contributed by atoms with Crippen molar-refractivity contribution >= 4 is 11.9 Å². The van der Waals surface area contributed by atoms with E-state index in [9.17, 15) is 4.79 Å². The van der Waals surface area contributed by atoms with Crippen LogP contribution in [0.5, 0.6) is 0 Å². The molecule has 1 saturated carbocycles. The van der Waals surface area contributed by atoms with Crippen molar-refractivity contribution in [2.24, 2.45) is 5.92 Å². The van der Waals surface area contributed by atoms with E-state index in [0.717, 1.165) is 6.54 Å². The van der Waals surface area contributed by atoms with Crippen molar-refractivity contribution in [3.63, 3.8) is 0 Å². The summed E-state index contributed by atoms with van der Waals surface area (Å²) in [7, 11) is 1.92. The average Bonchev–Trinajstić information content (AvgIpc) is 2.82. The minimum absolute atomic E-state index is 0.0493. The van der Waals surface area contributed by atoms with Crippen LogP contribution in [0.2, 0.25) is 0 Å². The molecule has 1 fully saturated rings. The van der Waals surface area contributed by atoms with Gasteiger partial charge in [-0.1, -0.05) is 12.8 Å². The summed E-state index contributed by atoms with van der Waals surface area (Å²) in [5.74, 6) is 0.178. The molecule has 1 N–H and O–H groups in total. The van der Waals surface area contributed by atoms with Crippen molar-refractivity contribution in [2.45, 2.75) is 25.7 Å². The van der Waals surface area contributed by atoms with Crippen LogP contribution in [0.4, 0.5) is 5.95 Å². The van der Waals surface area contributed by atoms with Crippen molar-refractivity contribution in [3.05, 3.63) is 18.0 Å². The average molecular weight is 235 g/mol. The summed E-state index contributed by atoms with van der Waals surface area (Å²) in [5, 5.41) is 8.87. The Labute approximate surface area is 100 Å². The fourth-order valence-corrected chi connectivity index (χ4v) is 2.31. The number of hydrogen-bond acceptors (Lipinski definition) is 4. The zero-order valence-electron chi connectivity index (χ0n) is 9.96. The van der Waals surface area contributed by atoms with Gasteiger partial charge in [-0.15, -0.1) is 0 Å². The lowest BCUT2D eigenvalue weighted by atomic mass is 10.1. The quantitative estimate of drug-likeness (QED) is 0.862. The number of aromatic nitrogens is 2. The van der Waals surface area contributed by atoms with Gasteiger partial charge >= 0.3 is 5.97 Å². The van der Waals surface area contributed by atoms with Gasteiger partial charge in [0.15, 0.2) is 5.69 Å². The van der Waals surface area contributed by atoms with Crippen LogP contribution in [0.3, 0.4) is 0 Å². The number of carbonyl (C=O) groups is 1. The lowest BCUT2D eigenvalue weighted by Crippen LogP contribution is -2.26. The van der Waals surface area contributed by atoms with Crippen molar-refractivity contribution in [2.75, 3.05) is 18.5 Å². The normalized spacial score (nSPS) is 16.1. The molecule has 0 atom stereocenters. The molecule has 1 aliphatic carbocycles. The Bertz CT molecular complexity index is 402. The second kappa shape index (κ2) is 5.12. The fourth-order valence-electron chi connectivity index (χ4n) is 2.31. The summed E-state index contributed by atoms with van der Waals surface area (Å²) < 4.78 is 0. The third-order valence-electron chi connectivity index (χ3n) is 3.21. The van der Waals surface area contributed by atoms with Crippen LogP contribution in [0.15, 0.2) is 12.3 Å². The molecule has 1 aromatic heterocycles. The molecular formula is C12H17N3O2. The highest BCUT2D eigenvalue weighted by Gasteiger charge is 2.18. The van der Waals surface area contributed by atoms with E-state index in [1.54, 1.807) is 0 Å². The summed E-state index contributed by atoms with van der Waals surface area (Å²) in [4.78, 5) is 20.9. The molecule has 1 heterocycles. The van der Waals surface area contributed by atoms with Crippen LogP contribution >= 0.6 is 0 Å².